The lowest BCUT2D eigenvalue weighted by atomic mass is 10.2. The summed E-state index contributed by atoms with van der Waals surface area (Å²) in [6.07, 6.45) is 1.07. The molecule has 0 saturated carbocycles. The van der Waals surface area contributed by atoms with Crippen LogP contribution in [0.2, 0.25) is 0 Å². The van der Waals surface area contributed by atoms with E-state index in [0.29, 0.717) is 0 Å². The van der Waals surface area contributed by atoms with Crippen LogP contribution in [-0.4, -0.2) is 51.5 Å². The summed E-state index contributed by atoms with van der Waals surface area (Å²) in [7, 11) is -0.187. The van der Waals surface area contributed by atoms with E-state index in [0.717, 1.165) is 6.26 Å². The van der Waals surface area contributed by atoms with E-state index in [4.69, 9.17) is 0 Å². The highest BCUT2D eigenvalue weighted by Crippen LogP contribution is 2.11. The van der Waals surface area contributed by atoms with Gasteiger partial charge in [-0.15, -0.1) is 0 Å². The Labute approximate surface area is 118 Å². The van der Waals surface area contributed by atoms with Crippen LogP contribution in [0.1, 0.15) is 17.3 Å². The van der Waals surface area contributed by atoms with Gasteiger partial charge in [0.2, 0.25) is 5.91 Å². The van der Waals surface area contributed by atoms with E-state index in [9.17, 15) is 18.0 Å². The Morgan fingerprint density at radius 1 is 1.25 bits per heavy atom. The number of nitrogens with one attached hydrogen (secondary N) is 1. The first kappa shape index (κ1) is 16.2. The van der Waals surface area contributed by atoms with Crippen LogP contribution in [0.15, 0.2) is 29.2 Å². The maximum absolute atomic E-state index is 12.0. The van der Waals surface area contributed by atoms with Crippen LogP contribution in [0.4, 0.5) is 0 Å². The number of amides is 2. The van der Waals surface area contributed by atoms with E-state index in [1.54, 1.807) is 21.0 Å². The lowest BCUT2D eigenvalue weighted by molar-refractivity contribution is -0.130. The number of sulfone groups is 1. The van der Waals surface area contributed by atoms with Crippen LogP contribution in [0.25, 0.3) is 0 Å². The first-order valence-corrected chi connectivity index (χ1v) is 7.84. The van der Waals surface area contributed by atoms with Crippen molar-refractivity contribution in [2.75, 3.05) is 20.4 Å². The highest BCUT2D eigenvalue weighted by Gasteiger charge is 2.18. The molecule has 1 rings (SSSR count). The fraction of sp³-hybridized carbons (Fsp3) is 0.385. The second kappa shape index (κ2) is 6.04. The molecule has 0 aliphatic rings. The van der Waals surface area contributed by atoms with Gasteiger partial charge in [-0.3, -0.25) is 9.59 Å². The van der Waals surface area contributed by atoms with Crippen molar-refractivity contribution in [2.24, 2.45) is 0 Å². The molecule has 1 aromatic rings. The fourth-order valence-corrected chi connectivity index (χ4v) is 2.26. The quantitative estimate of drug-likeness (QED) is 0.866. The van der Waals surface area contributed by atoms with Crippen molar-refractivity contribution in [3.63, 3.8) is 0 Å². The number of hydrogen-bond acceptors (Lipinski definition) is 4. The molecule has 1 aromatic carbocycles. The summed E-state index contributed by atoms with van der Waals surface area (Å²) in [5.41, 5.74) is 0.200. The molecule has 1 N–H and O–H groups in total. The van der Waals surface area contributed by atoms with Gasteiger partial charge < -0.3 is 10.2 Å². The third kappa shape index (κ3) is 4.06. The summed E-state index contributed by atoms with van der Waals surface area (Å²) < 4.78 is 22.9. The molecular formula is C13H18N2O4S. The maximum atomic E-state index is 12.0. The van der Waals surface area contributed by atoms with Gasteiger partial charge >= 0.3 is 0 Å². The second-order valence-corrected chi connectivity index (χ2v) is 6.74. The molecule has 0 saturated heterocycles. The molecule has 0 radical (unpaired) electrons. The molecule has 0 aliphatic heterocycles. The molecule has 20 heavy (non-hydrogen) atoms. The van der Waals surface area contributed by atoms with Crippen LogP contribution < -0.4 is 5.32 Å². The van der Waals surface area contributed by atoms with Crippen molar-refractivity contribution >= 4 is 21.7 Å². The molecule has 0 heterocycles. The number of benzene rings is 1. The lowest BCUT2D eigenvalue weighted by Crippen LogP contribution is -2.44. The molecule has 0 spiro atoms. The number of carbonyl (C=O) groups excluding carboxylic acids is 2. The van der Waals surface area contributed by atoms with Crippen LogP contribution in [0.5, 0.6) is 0 Å². The number of hydrogen-bond donors (Lipinski definition) is 1. The predicted octanol–water partition coefficient (Wildman–Crippen LogP) is 0.297. The minimum atomic E-state index is -3.37. The Balaban J connectivity index is 2.92. The van der Waals surface area contributed by atoms with Gasteiger partial charge in [-0.25, -0.2) is 8.42 Å². The van der Waals surface area contributed by atoms with Gasteiger partial charge in [-0.1, -0.05) is 6.07 Å². The summed E-state index contributed by atoms with van der Waals surface area (Å²) in [6.45, 7) is 1.57. The molecule has 110 valence electrons. The van der Waals surface area contributed by atoms with E-state index >= 15 is 0 Å². The highest BCUT2D eigenvalue weighted by atomic mass is 32.2. The first-order chi connectivity index (χ1) is 9.12. The molecule has 1 atom stereocenters. The van der Waals surface area contributed by atoms with Gasteiger partial charge in [0.1, 0.15) is 6.04 Å². The Morgan fingerprint density at radius 3 is 2.35 bits per heavy atom. The molecule has 7 heteroatoms. The van der Waals surface area contributed by atoms with E-state index < -0.39 is 21.8 Å². The van der Waals surface area contributed by atoms with Crippen LogP contribution in [-0.2, 0) is 14.6 Å². The maximum Gasteiger partial charge on any atom is 0.251 e. The monoisotopic (exact) mass is 298 g/mol. The zero-order chi connectivity index (χ0) is 15.5. The Morgan fingerprint density at radius 2 is 1.85 bits per heavy atom. The van der Waals surface area contributed by atoms with Crippen molar-refractivity contribution < 1.29 is 18.0 Å². The number of rotatable bonds is 4. The van der Waals surface area contributed by atoms with E-state index in [1.807, 2.05) is 0 Å². The summed E-state index contributed by atoms with van der Waals surface area (Å²) in [5.74, 6) is -0.726. The van der Waals surface area contributed by atoms with Crippen molar-refractivity contribution in [3.05, 3.63) is 29.8 Å². The summed E-state index contributed by atoms with van der Waals surface area (Å²) in [5, 5.41) is 2.53. The molecule has 2 amide bonds. The standard InChI is InChI=1S/C13H18N2O4S/c1-9(13(17)15(2)3)14-12(16)10-6-5-7-11(8-10)20(4,18)19/h5-9H,1-4H3,(H,14,16). The summed E-state index contributed by atoms with van der Waals surface area (Å²) in [4.78, 5) is 25.1. The molecule has 6 nitrogen and oxygen atoms in total. The average Bonchev–Trinajstić information content (AvgIpc) is 2.36. The number of nitrogens with zero attached hydrogens (tertiary/aromatic N) is 1. The number of likely N-dealkylation sites (N-methyl/N-ethyl adjacent to an activating group) is 1. The molecular weight excluding hydrogens is 280 g/mol. The van der Waals surface area contributed by atoms with E-state index in [1.165, 1.54) is 29.2 Å². The average molecular weight is 298 g/mol. The van der Waals surface area contributed by atoms with Crippen LogP contribution in [0.3, 0.4) is 0 Å². The zero-order valence-corrected chi connectivity index (χ0v) is 12.7. The predicted molar refractivity (Wildman–Crippen MR) is 75.2 cm³/mol. The normalized spacial score (nSPS) is 12.6. The molecule has 0 fully saturated rings. The topological polar surface area (TPSA) is 83.5 Å². The summed E-state index contributed by atoms with van der Waals surface area (Å²) in [6, 6.07) is 5.01. The van der Waals surface area contributed by atoms with Crippen molar-refractivity contribution in [1.82, 2.24) is 10.2 Å². The van der Waals surface area contributed by atoms with Gasteiger partial charge in [0, 0.05) is 25.9 Å². The molecule has 0 aromatic heterocycles. The summed E-state index contributed by atoms with van der Waals surface area (Å²) >= 11 is 0. The smallest absolute Gasteiger partial charge is 0.251 e. The SMILES string of the molecule is CC(NC(=O)c1cccc(S(C)(=O)=O)c1)C(=O)N(C)C. The highest BCUT2D eigenvalue weighted by molar-refractivity contribution is 7.90. The first-order valence-electron chi connectivity index (χ1n) is 5.95. The largest absolute Gasteiger partial charge is 0.347 e. The van der Waals surface area contributed by atoms with E-state index in [2.05, 4.69) is 5.32 Å². The van der Waals surface area contributed by atoms with Crippen molar-refractivity contribution in [3.8, 4) is 0 Å². The fourth-order valence-electron chi connectivity index (χ4n) is 1.60. The second-order valence-electron chi connectivity index (χ2n) is 4.73. The third-order valence-electron chi connectivity index (χ3n) is 2.68. The van der Waals surface area contributed by atoms with Crippen LogP contribution >= 0.6 is 0 Å². The Kier molecular flexibility index (Phi) is 4.88. The Hall–Kier alpha value is -1.89. The minimum absolute atomic E-state index is 0.0664. The van der Waals surface area contributed by atoms with Gasteiger partial charge in [0.15, 0.2) is 9.84 Å². The van der Waals surface area contributed by atoms with Crippen LogP contribution in [0, 0.1) is 0 Å². The molecule has 0 aliphatic carbocycles. The van der Waals surface area contributed by atoms with Gasteiger partial charge in [-0.05, 0) is 25.1 Å². The number of carbonyl (C=O) groups is 2. The molecule has 0 bridgehead atoms. The Bertz CT molecular complexity index is 623. The molecule has 1 unspecified atom stereocenters. The third-order valence-corrected chi connectivity index (χ3v) is 3.79. The van der Waals surface area contributed by atoms with Crippen molar-refractivity contribution in [2.45, 2.75) is 17.9 Å². The zero-order valence-electron chi connectivity index (χ0n) is 11.9. The van der Waals surface area contributed by atoms with E-state index in [-0.39, 0.29) is 16.4 Å². The van der Waals surface area contributed by atoms with Crippen molar-refractivity contribution in [1.29, 1.82) is 0 Å². The van der Waals surface area contributed by atoms with Gasteiger partial charge in [0.25, 0.3) is 5.91 Å². The lowest BCUT2D eigenvalue weighted by Gasteiger charge is -2.18. The van der Waals surface area contributed by atoms with Gasteiger partial charge in [0.05, 0.1) is 4.90 Å². The van der Waals surface area contributed by atoms with Gasteiger partial charge in [-0.2, -0.15) is 0 Å². The minimum Gasteiger partial charge on any atom is -0.347 e.